The van der Waals surface area contributed by atoms with Crippen molar-refractivity contribution in [2.45, 2.75) is 114 Å². The number of pyridine rings is 1. The zero-order valence-electron chi connectivity index (χ0n) is 29.5. The predicted octanol–water partition coefficient (Wildman–Crippen LogP) is 8.74. The van der Waals surface area contributed by atoms with Gasteiger partial charge < -0.3 is 14.9 Å². The number of aromatic nitrogens is 3. The fourth-order valence-corrected chi connectivity index (χ4v) is 8.62. The topological polar surface area (TPSA) is 82.5 Å². The van der Waals surface area contributed by atoms with Crippen LogP contribution in [-0.4, -0.2) is 64.0 Å². The molecular weight excluding hydrogens is 684 g/mol. The first-order chi connectivity index (χ1) is 24.6. The summed E-state index contributed by atoms with van der Waals surface area (Å²) < 4.78 is 86.6. The molecule has 3 fully saturated rings. The highest BCUT2D eigenvalue weighted by molar-refractivity contribution is 6.00. The second-order valence-corrected chi connectivity index (χ2v) is 15.9. The molecule has 1 aromatic carbocycles. The van der Waals surface area contributed by atoms with Crippen LogP contribution in [0.4, 0.5) is 38.0 Å². The molecule has 2 aliphatic heterocycles. The maximum atomic E-state index is 17.3. The van der Waals surface area contributed by atoms with Crippen molar-refractivity contribution < 1.29 is 36.2 Å². The van der Waals surface area contributed by atoms with Crippen molar-refractivity contribution in [2.75, 3.05) is 36.0 Å². The number of halogens is 6. The summed E-state index contributed by atoms with van der Waals surface area (Å²) in [5.74, 6) is -3.27. The number of Topliss-reactive ketones (excluding diaryl/α,β-unsaturated/α-hetero) is 1. The Balaban J connectivity index is 1.25. The number of rotatable bonds is 6. The lowest BCUT2D eigenvalue weighted by Crippen LogP contribution is -2.37. The van der Waals surface area contributed by atoms with Crippen LogP contribution in [0.3, 0.4) is 0 Å². The van der Waals surface area contributed by atoms with E-state index in [0.717, 1.165) is 43.0 Å². The van der Waals surface area contributed by atoms with E-state index in [0.29, 0.717) is 73.7 Å². The van der Waals surface area contributed by atoms with Crippen molar-refractivity contribution in [3.63, 3.8) is 0 Å². The van der Waals surface area contributed by atoms with Crippen molar-refractivity contribution in [2.24, 2.45) is 5.41 Å². The number of nitrogens with zero attached hydrogens (tertiary/aromatic N) is 5. The standard InChI is InChI=1S/C39H45F6N5O2/c1-37(2)19-29-32(30(52)20-37)31(23-7-13-38(41,42)14-8-23)33(34(40)24-3-5-26(6-4-24)39(43,44)45)35(48-29)25-9-15-50(16-10-25)36-46-21-27(22-47-36)49-17-11-28(51)12-18-49/h3-6,21-23,25,28,34,51H,7-20H2,1-2H3/t34-/m0/s1. The minimum Gasteiger partial charge on any atom is -0.393 e. The fourth-order valence-electron chi connectivity index (χ4n) is 8.62. The highest BCUT2D eigenvalue weighted by atomic mass is 19.4. The van der Waals surface area contributed by atoms with Gasteiger partial charge in [-0.3, -0.25) is 9.78 Å². The van der Waals surface area contributed by atoms with Crippen LogP contribution in [0.5, 0.6) is 0 Å². The average molecular weight is 730 g/mol. The number of anilines is 2. The molecule has 0 amide bonds. The Morgan fingerprint density at radius 3 is 2.04 bits per heavy atom. The van der Waals surface area contributed by atoms with E-state index >= 15 is 4.39 Å². The summed E-state index contributed by atoms with van der Waals surface area (Å²) in [7, 11) is 0. The van der Waals surface area contributed by atoms with Crippen molar-refractivity contribution in [3.8, 4) is 0 Å². The quantitative estimate of drug-likeness (QED) is 0.254. The summed E-state index contributed by atoms with van der Waals surface area (Å²) in [5.41, 5.74) is 1.49. The average Bonchev–Trinajstić information content (AvgIpc) is 3.10. The second-order valence-electron chi connectivity index (χ2n) is 15.9. The molecule has 4 aliphatic rings. The number of aliphatic hydroxyl groups excluding tert-OH is 1. The van der Waals surface area contributed by atoms with Gasteiger partial charge in [-0.15, -0.1) is 0 Å². The maximum Gasteiger partial charge on any atom is 0.416 e. The maximum absolute atomic E-state index is 17.3. The molecule has 7 nitrogen and oxygen atoms in total. The SMILES string of the molecule is CC1(C)CC(=O)c2c(nc(C3CCN(c4ncc(N5CCC(O)CC5)cn4)CC3)c([C@@H](F)c3ccc(C(F)(F)F)cc3)c2C2CCC(F)(F)CC2)C1. The number of hydrogen-bond acceptors (Lipinski definition) is 7. The van der Waals surface area contributed by atoms with Gasteiger partial charge >= 0.3 is 6.18 Å². The third-order valence-corrected chi connectivity index (χ3v) is 11.5. The van der Waals surface area contributed by atoms with Crippen molar-refractivity contribution in [1.29, 1.82) is 0 Å². The zero-order chi connectivity index (χ0) is 37.0. The summed E-state index contributed by atoms with van der Waals surface area (Å²) in [6.07, 6.45) is -0.760. The highest BCUT2D eigenvalue weighted by Gasteiger charge is 2.44. The van der Waals surface area contributed by atoms with Gasteiger partial charge in [0.15, 0.2) is 12.0 Å². The normalized spacial score (nSPS) is 22.4. The van der Waals surface area contributed by atoms with Crippen molar-refractivity contribution in [3.05, 3.63) is 75.9 Å². The van der Waals surface area contributed by atoms with Crippen LogP contribution in [0.15, 0.2) is 36.7 Å². The lowest BCUT2D eigenvalue weighted by atomic mass is 9.69. The molecule has 2 aliphatic carbocycles. The molecule has 13 heteroatoms. The molecule has 3 aromatic rings. The van der Waals surface area contributed by atoms with Gasteiger partial charge in [0.25, 0.3) is 0 Å². The van der Waals surface area contributed by atoms with Crippen LogP contribution in [-0.2, 0) is 12.6 Å². The van der Waals surface area contributed by atoms with Gasteiger partial charge in [0.05, 0.1) is 41.1 Å². The van der Waals surface area contributed by atoms with Gasteiger partial charge in [-0.25, -0.2) is 23.1 Å². The second kappa shape index (κ2) is 13.9. The first kappa shape index (κ1) is 36.6. The van der Waals surface area contributed by atoms with Gasteiger partial charge in [0.2, 0.25) is 11.9 Å². The summed E-state index contributed by atoms with van der Waals surface area (Å²) >= 11 is 0. The Kier molecular flexibility index (Phi) is 9.80. The van der Waals surface area contributed by atoms with E-state index in [1.165, 1.54) is 0 Å². The van der Waals surface area contributed by atoms with Crippen LogP contribution in [0.1, 0.15) is 134 Å². The van der Waals surface area contributed by atoms with E-state index in [1.807, 2.05) is 13.8 Å². The first-order valence-electron chi connectivity index (χ1n) is 18.4. The molecule has 1 saturated carbocycles. The number of benzene rings is 1. The molecule has 1 N–H and O–H groups in total. The Labute approximate surface area is 299 Å². The number of fused-ring (bicyclic) bond motifs is 1. The van der Waals surface area contributed by atoms with E-state index in [4.69, 9.17) is 4.98 Å². The van der Waals surface area contributed by atoms with Gasteiger partial charge in [0.1, 0.15) is 0 Å². The van der Waals surface area contributed by atoms with E-state index in [2.05, 4.69) is 19.8 Å². The lowest BCUT2D eigenvalue weighted by Gasteiger charge is -2.39. The summed E-state index contributed by atoms with van der Waals surface area (Å²) in [5, 5.41) is 9.86. The van der Waals surface area contributed by atoms with Gasteiger partial charge in [-0.2, -0.15) is 13.2 Å². The Hall–Kier alpha value is -3.74. The first-order valence-corrected chi connectivity index (χ1v) is 18.4. The van der Waals surface area contributed by atoms with E-state index in [9.17, 15) is 31.9 Å². The lowest BCUT2D eigenvalue weighted by molar-refractivity contribution is -0.137. The number of alkyl halides is 6. The molecule has 0 spiro atoms. The molecule has 280 valence electrons. The molecule has 0 bridgehead atoms. The minimum absolute atomic E-state index is 0.00359. The fraction of sp³-hybridized carbons (Fsp3) is 0.590. The largest absolute Gasteiger partial charge is 0.416 e. The molecule has 1 atom stereocenters. The van der Waals surface area contributed by atoms with Gasteiger partial charge in [-0.05, 0) is 79.5 Å². The number of carbonyl (C=O) groups is 1. The van der Waals surface area contributed by atoms with Crippen LogP contribution in [0, 0.1) is 5.41 Å². The molecule has 4 heterocycles. The Bertz CT molecular complexity index is 1760. The van der Waals surface area contributed by atoms with Crippen LogP contribution < -0.4 is 9.80 Å². The zero-order valence-corrected chi connectivity index (χ0v) is 29.5. The molecular formula is C39H45F6N5O2. The molecule has 2 saturated heterocycles. The van der Waals surface area contributed by atoms with E-state index < -0.39 is 48.0 Å². The van der Waals surface area contributed by atoms with Crippen LogP contribution in [0.2, 0.25) is 0 Å². The van der Waals surface area contributed by atoms with Gasteiger partial charge in [0, 0.05) is 62.5 Å². The third-order valence-electron chi connectivity index (χ3n) is 11.5. The van der Waals surface area contributed by atoms with E-state index in [-0.39, 0.29) is 48.2 Å². The highest BCUT2D eigenvalue weighted by Crippen LogP contribution is 2.50. The molecule has 2 aromatic heterocycles. The van der Waals surface area contributed by atoms with Crippen molar-refractivity contribution in [1.82, 2.24) is 15.0 Å². The number of carbonyl (C=O) groups excluding carboxylic acids is 1. The summed E-state index contributed by atoms with van der Waals surface area (Å²) in [4.78, 5) is 32.4. The van der Waals surface area contributed by atoms with Crippen molar-refractivity contribution >= 4 is 17.4 Å². The van der Waals surface area contributed by atoms with Crippen LogP contribution in [0.25, 0.3) is 0 Å². The number of hydrogen-bond donors (Lipinski definition) is 1. The molecule has 0 radical (unpaired) electrons. The Morgan fingerprint density at radius 2 is 1.44 bits per heavy atom. The number of ketones is 1. The third kappa shape index (κ3) is 7.52. The molecule has 52 heavy (non-hydrogen) atoms. The summed E-state index contributed by atoms with van der Waals surface area (Å²) in [6.45, 7) is 6.46. The number of aliphatic hydroxyl groups is 1. The van der Waals surface area contributed by atoms with Gasteiger partial charge in [-0.1, -0.05) is 26.0 Å². The minimum atomic E-state index is -4.60. The molecule has 7 rings (SSSR count). The predicted molar refractivity (Wildman–Crippen MR) is 185 cm³/mol. The summed E-state index contributed by atoms with van der Waals surface area (Å²) in [6, 6.07) is 3.94. The van der Waals surface area contributed by atoms with E-state index in [1.54, 1.807) is 12.4 Å². The Morgan fingerprint density at radius 1 is 0.846 bits per heavy atom. The van der Waals surface area contributed by atoms with Crippen LogP contribution >= 0.6 is 0 Å². The molecule has 0 unspecified atom stereocenters. The smallest absolute Gasteiger partial charge is 0.393 e. The monoisotopic (exact) mass is 729 g/mol. The number of piperidine rings is 2.